The van der Waals surface area contributed by atoms with E-state index in [0.29, 0.717) is 6.04 Å². The van der Waals surface area contributed by atoms with Gasteiger partial charge in [0.2, 0.25) is 0 Å². The smallest absolute Gasteiger partial charge is 0.0680 e. The Morgan fingerprint density at radius 1 is 1.60 bits per heavy atom. The molecule has 1 fully saturated rings. The number of aliphatic hydroxyl groups excluding tert-OH is 1. The average molecular weight is 144 g/mol. The first kappa shape index (κ1) is 7.98. The molecule has 3 heteroatoms. The molecule has 10 heavy (non-hydrogen) atoms. The summed E-state index contributed by atoms with van der Waals surface area (Å²) in [6.07, 6.45) is 0.781. The molecule has 1 heterocycles. The van der Waals surface area contributed by atoms with Crippen LogP contribution in [0.2, 0.25) is 0 Å². The highest BCUT2D eigenvalue weighted by molar-refractivity contribution is 4.82. The zero-order valence-corrected chi connectivity index (χ0v) is 6.67. The van der Waals surface area contributed by atoms with Gasteiger partial charge in [0.15, 0.2) is 0 Å². The van der Waals surface area contributed by atoms with Gasteiger partial charge in [-0.3, -0.25) is 0 Å². The molecule has 0 aromatic rings. The number of likely N-dealkylation sites (N-methyl/N-ethyl adjacent to an activating group) is 1. The molecule has 1 rings (SSSR count). The summed E-state index contributed by atoms with van der Waals surface area (Å²) in [4.78, 5) is 2.13. The van der Waals surface area contributed by atoms with Gasteiger partial charge < -0.3 is 15.3 Å². The van der Waals surface area contributed by atoms with E-state index in [0.717, 1.165) is 19.5 Å². The van der Waals surface area contributed by atoms with Crippen LogP contribution in [0, 0.1) is 0 Å². The molecule has 0 amide bonds. The van der Waals surface area contributed by atoms with E-state index in [1.165, 1.54) is 0 Å². The summed E-state index contributed by atoms with van der Waals surface area (Å²) in [6.45, 7) is 1.79. The van der Waals surface area contributed by atoms with E-state index < -0.39 is 0 Å². The van der Waals surface area contributed by atoms with Gasteiger partial charge in [-0.15, -0.1) is 0 Å². The van der Waals surface area contributed by atoms with Gasteiger partial charge in [0.05, 0.1) is 6.10 Å². The van der Waals surface area contributed by atoms with Crippen LogP contribution in [0.25, 0.3) is 0 Å². The highest BCUT2D eigenvalue weighted by Gasteiger charge is 2.21. The molecule has 1 aliphatic rings. The van der Waals surface area contributed by atoms with E-state index in [9.17, 15) is 0 Å². The van der Waals surface area contributed by atoms with Crippen LogP contribution in [0.1, 0.15) is 6.42 Å². The lowest BCUT2D eigenvalue weighted by Crippen LogP contribution is -2.33. The van der Waals surface area contributed by atoms with Crippen LogP contribution in [0.15, 0.2) is 0 Å². The van der Waals surface area contributed by atoms with Crippen molar-refractivity contribution in [3.8, 4) is 0 Å². The fourth-order valence-corrected chi connectivity index (χ4v) is 1.38. The Balaban J connectivity index is 2.18. The van der Waals surface area contributed by atoms with Crippen LogP contribution in [0.3, 0.4) is 0 Å². The molecule has 0 spiro atoms. The summed E-state index contributed by atoms with van der Waals surface area (Å²) in [7, 11) is 4.10. The molecule has 0 aromatic carbocycles. The Kier molecular flexibility index (Phi) is 2.65. The number of hydrogen-bond donors (Lipinski definition) is 2. The maximum atomic E-state index is 9.13. The second-order valence-electron chi connectivity index (χ2n) is 3.26. The van der Waals surface area contributed by atoms with E-state index in [2.05, 4.69) is 10.2 Å². The summed E-state index contributed by atoms with van der Waals surface area (Å²) in [5.74, 6) is 0. The second-order valence-corrected chi connectivity index (χ2v) is 3.26. The number of β-amino-alcohol motifs (C(OH)–C–C–N with tert-alkyl or cyclic N) is 1. The van der Waals surface area contributed by atoms with Crippen molar-refractivity contribution in [2.75, 3.05) is 27.2 Å². The van der Waals surface area contributed by atoms with Crippen molar-refractivity contribution in [3.63, 3.8) is 0 Å². The fraction of sp³-hybridized carbons (Fsp3) is 1.00. The van der Waals surface area contributed by atoms with Crippen molar-refractivity contribution < 1.29 is 5.11 Å². The van der Waals surface area contributed by atoms with Crippen LogP contribution in [-0.2, 0) is 0 Å². The van der Waals surface area contributed by atoms with Gasteiger partial charge in [-0.2, -0.15) is 0 Å². The van der Waals surface area contributed by atoms with Crippen LogP contribution in [0.5, 0.6) is 0 Å². The maximum Gasteiger partial charge on any atom is 0.0680 e. The lowest BCUT2D eigenvalue weighted by molar-refractivity contribution is 0.191. The minimum Gasteiger partial charge on any atom is -0.392 e. The van der Waals surface area contributed by atoms with Crippen LogP contribution >= 0.6 is 0 Å². The molecular formula is C7H16N2O. The molecule has 0 unspecified atom stereocenters. The van der Waals surface area contributed by atoms with Crippen molar-refractivity contribution in [3.05, 3.63) is 0 Å². The Labute approximate surface area is 62.0 Å². The number of hydrogen-bond acceptors (Lipinski definition) is 3. The summed E-state index contributed by atoms with van der Waals surface area (Å²) in [6, 6.07) is 0.491. The molecule has 2 N–H and O–H groups in total. The van der Waals surface area contributed by atoms with Crippen molar-refractivity contribution in [1.82, 2.24) is 10.2 Å². The first-order valence-corrected chi connectivity index (χ1v) is 3.74. The number of nitrogens with zero attached hydrogens (tertiary/aromatic N) is 1. The molecule has 0 saturated carbocycles. The highest BCUT2D eigenvalue weighted by atomic mass is 16.3. The van der Waals surface area contributed by atoms with Crippen molar-refractivity contribution in [2.24, 2.45) is 0 Å². The molecule has 0 radical (unpaired) electrons. The van der Waals surface area contributed by atoms with E-state index in [1.807, 2.05) is 14.1 Å². The third-order valence-corrected chi connectivity index (χ3v) is 1.78. The summed E-state index contributed by atoms with van der Waals surface area (Å²) in [5, 5.41) is 12.4. The largest absolute Gasteiger partial charge is 0.392 e. The molecule has 60 valence electrons. The Morgan fingerprint density at radius 3 is 2.70 bits per heavy atom. The minimum absolute atomic E-state index is 0.120. The topological polar surface area (TPSA) is 35.5 Å². The lowest BCUT2D eigenvalue weighted by atomic mass is 10.2. The third-order valence-electron chi connectivity index (χ3n) is 1.78. The molecule has 0 aromatic heterocycles. The second kappa shape index (κ2) is 3.32. The number of aliphatic hydroxyl groups is 1. The molecular weight excluding hydrogens is 128 g/mol. The molecule has 2 atom stereocenters. The van der Waals surface area contributed by atoms with Crippen LogP contribution < -0.4 is 5.32 Å². The van der Waals surface area contributed by atoms with Crippen molar-refractivity contribution >= 4 is 0 Å². The summed E-state index contributed by atoms with van der Waals surface area (Å²) >= 11 is 0. The van der Waals surface area contributed by atoms with Gasteiger partial charge in [0.25, 0.3) is 0 Å². The zero-order chi connectivity index (χ0) is 7.56. The van der Waals surface area contributed by atoms with Gasteiger partial charge in [-0.1, -0.05) is 0 Å². The highest BCUT2D eigenvalue weighted by Crippen LogP contribution is 2.05. The standard InChI is InChI=1S/C7H16N2O/c1-9(2)5-6-3-7(10)4-8-6/h6-8,10H,3-5H2,1-2H3/t6-,7+/m0/s1. The van der Waals surface area contributed by atoms with E-state index in [-0.39, 0.29) is 6.10 Å². The van der Waals surface area contributed by atoms with Crippen LogP contribution in [0.4, 0.5) is 0 Å². The molecule has 1 saturated heterocycles. The maximum absolute atomic E-state index is 9.13. The van der Waals surface area contributed by atoms with Gasteiger partial charge in [0.1, 0.15) is 0 Å². The average Bonchev–Trinajstić information content (AvgIpc) is 2.13. The summed E-state index contributed by atoms with van der Waals surface area (Å²) in [5.41, 5.74) is 0. The number of rotatable bonds is 2. The lowest BCUT2D eigenvalue weighted by Gasteiger charge is -2.15. The Bertz CT molecular complexity index is 106. The first-order valence-electron chi connectivity index (χ1n) is 3.74. The Hall–Kier alpha value is -0.120. The van der Waals surface area contributed by atoms with E-state index >= 15 is 0 Å². The first-order chi connectivity index (χ1) is 4.68. The van der Waals surface area contributed by atoms with E-state index in [4.69, 9.17) is 5.11 Å². The van der Waals surface area contributed by atoms with Gasteiger partial charge >= 0.3 is 0 Å². The van der Waals surface area contributed by atoms with E-state index in [1.54, 1.807) is 0 Å². The summed E-state index contributed by atoms with van der Waals surface area (Å²) < 4.78 is 0. The van der Waals surface area contributed by atoms with Crippen molar-refractivity contribution in [1.29, 1.82) is 0 Å². The predicted molar refractivity (Wildman–Crippen MR) is 41.0 cm³/mol. The van der Waals surface area contributed by atoms with Crippen molar-refractivity contribution in [2.45, 2.75) is 18.6 Å². The number of nitrogens with one attached hydrogen (secondary N) is 1. The molecule has 0 bridgehead atoms. The van der Waals surface area contributed by atoms with Crippen LogP contribution in [-0.4, -0.2) is 49.3 Å². The fourth-order valence-electron chi connectivity index (χ4n) is 1.38. The predicted octanol–water partition coefficient (Wildman–Crippen LogP) is -0.729. The third kappa shape index (κ3) is 2.25. The van der Waals surface area contributed by atoms with Gasteiger partial charge in [-0.25, -0.2) is 0 Å². The Morgan fingerprint density at radius 2 is 2.30 bits per heavy atom. The van der Waals surface area contributed by atoms with Gasteiger partial charge in [0, 0.05) is 19.1 Å². The van der Waals surface area contributed by atoms with Gasteiger partial charge in [-0.05, 0) is 20.5 Å². The molecule has 1 aliphatic heterocycles. The molecule has 0 aliphatic carbocycles. The normalized spacial score (nSPS) is 33.6. The SMILES string of the molecule is CN(C)C[C@@H]1C[C@@H](O)CN1. The quantitative estimate of drug-likeness (QED) is 0.536. The minimum atomic E-state index is -0.120. The molecule has 3 nitrogen and oxygen atoms in total. The zero-order valence-electron chi connectivity index (χ0n) is 6.67. The monoisotopic (exact) mass is 144 g/mol.